The van der Waals surface area contributed by atoms with Crippen molar-refractivity contribution in [3.8, 4) is 0 Å². The van der Waals surface area contributed by atoms with E-state index in [1.165, 1.54) is 0 Å². The van der Waals surface area contributed by atoms with Gasteiger partial charge in [0.1, 0.15) is 0 Å². The van der Waals surface area contributed by atoms with Gasteiger partial charge in [0.15, 0.2) is 9.79 Å². The Balaban J connectivity index is 2.36. The van der Waals surface area contributed by atoms with Gasteiger partial charge in [-0.05, 0) is 24.3 Å². The molecule has 0 saturated carbocycles. The van der Waals surface area contributed by atoms with Crippen LogP contribution in [0, 0.1) is 0 Å². The minimum atomic E-state index is -4.16. The number of rotatable bonds is 3. The Morgan fingerprint density at radius 2 is 1.11 bits per heavy atom. The van der Waals surface area contributed by atoms with Gasteiger partial charge in [0.25, 0.3) is 0 Å². The number of hydrogen-bond donors (Lipinski definition) is 0. The van der Waals surface area contributed by atoms with E-state index in [0.717, 1.165) is 9.79 Å². The van der Waals surface area contributed by atoms with Crippen molar-refractivity contribution >= 4 is 10.9 Å². The second-order valence-corrected chi connectivity index (χ2v) is 5.79. The van der Waals surface area contributed by atoms with Gasteiger partial charge in [0, 0.05) is 0 Å². The molecular formula is C14H12F3S+. The summed E-state index contributed by atoms with van der Waals surface area (Å²) >= 11 is 0. The zero-order valence-corrected chi connectivity index (χ0v) is 10.3. The summed E-state index contributed by atoms with van der Waals surface area (Å²) in [6.45, 7) is 0. The fraction of sp³-hybridized carbons (Fsp3) is 0.143. The zero-order valence-electron chi connectivity index (χ0n) is 9.52. The van der Waals surface area contributed by atoms with E-state index in [1.807, 2.05) is 12.1 Å². The fourth-order valence-corrected chi connectivity index (χ4v) is 3.54. The molecule has 0 aromatic heterocycles. The van der Waals surface area contributed by atoms with Gasteiger partial charge in [-0.3, -0.25) is 0 Å². The quantitative estimate of drug-likeness (QED) is 0.729. The van der Waals surface area contributed by atoms with E-state index < -0.39 is 22.8 Å². The van der Waals surface area contributed by atoms with Gasteiger partial charge in [0.2, 0.25) is 5.75 Å². The molecule has 0 radical (unpaired) electrons. The lowest BCUT2D eigenvalue weighted by molar-refractivity contribution is -0.105. The molecule has 0 atom stereocenters. The predicted molar refractivity (Wildman–Crippen MR) is 67.7 cm³/mol. The van der Waals surface area contributed by atoms with Gasteiger partial charge in [-0.25, -0.2) is 0 Å². The van der Waals surface area contributed by atoms with Gasteiger partial charge < -0.3 is 0 Å². The second-order valence-electron chi connectivity index (χ2n) is 3.78. The highest BCUT2D eigenvalue weighted by atomic mass is 32.2. The van der Waals surface area contributed by atoms with Crippen LogP contribution in [-0.4, -0.2) is 11.9 Å². The molecule has 0 spiro atoms. The Morgan fingerprint density at radius 3 is 1.44 bits per heavy atom. The Labute approximate surface area is 107 Å². The van der Waals surface area contributed by atoms with Crippen LogP contribution in [0.2, 0.25) is 0 Å². The molecule has 94 valence electrons. The van der Waals surface area contributed by atoms with E-state index in [-0.39, 0.29) is 0 Å². The van der Waals surface area contributed by atoms with Crippen molar-refractivity contribution in [2.45, 2.75) is 16.0 Å². The van der Waals surface area contributed by atoms with Crippen LogP contribution in [0.1, 0.15) is 0 Å². The lowest BCUT2D eigenvalue weighted by atomic mass is 10.4. The van der Waals surface area contributed by atoms with E-state index in [2.05, 4.69) is 0 Å². The molecule has 0 fully saturated rings. The maximum atomic E-state index is 12.7. The minimum absolute atomic E-state index is 0.723. The Bertz CT molecular complexity index is 440. The number of alkyl halides is 3. The van der Waals surface area contributed by atoms with Crippen LogP contribution in [0.25, 0.3) is 0 Å². The normalized spacial score (nSPS) is 11.8. The highest BCUT2D eigenvalue weighted by Gasteiger charge is 2.41. The largest absolute Gasteiger partial charge is 0.434 e. The topological polar surface area (TPSA) is 0 Å². The first-order chi connectivity index (χ1) is 8.56. The van der Waals surface area contributed by atoms with Crippen LogP contribution in [0.5, 0.6) is 0 Å². The molecule has 0 heterocycles. The first-order valence-electron chi connectivity index (χ1n) is 5.44. The SMILES string of the molecule is FC(F)(F)C[S+](c1ccccc1)c1ccccc1. The molecule has 4 heteroatoms. The first-order valence-corrected chi connectivity index (χ1v) is 6.83. The molecular weight excluding hydrogens is 257 g/mol. The van der Waals surface area contributed by atoms with Crippen molar-refractivity contribution in [3.63, 3.8) is 0 Å². The van der Waals surface area contributed by atoms with Crippen LogP contribution in [0.3, 0.4) is 0 Å². The van der Waals surface area contributed by atoms with Gasteiger partial charge in [-0.1, -0.05) is 36.4 Å². The van der Waals surface area contributed by atoms with Gasteiger partial charge in [0.05, 0.1) is 10.9 Å². The van der Waals surface area contributed by atoms with Crippen molar-refractivity contribution in [1.82, 2.24) is 0 Å². The molecule has 2 aromatic carbocycles. The molecule has 2 aromatic rings. The van der Waals surface area contributed by atoms with Crippen molar-refractivity contribution in [2.24, 2.45) is 0 Å². The summed E-state index contributed by atoms with van der Waals surface area (Å²) in [4.78, 5) is 1.45. The van der Waals surface area contributed by atoms with Crippen molar-refractivity contribution in [1.29, 1.82) is 0 Å². The Morgan fingerprint density at radius 1 is 0.722 bits per heavy atom. The summed E-state index contributed by atoms with van der Waals surface area (Å²) < 4.78 is 38.1. The molecule has 0 aliphatic heterocycles. The van der Waals surface area contributed by atoms with Crippen LogP contribution in [0.15, 0.2) is 70.5 Å². The molecule has 0 amide bonds. The van der Waals surface area contributed by atoms with E-state index in [1.54, 1.807) is 48.5 Å². The van der Waals surface area contributed by atoms with Crippen LogP contribution < -0.4 is 0 Å². The number of halogens is 3. The molecule has 0 aliphatic carbocycles. The van der Waals surface area contributed by atoms with Crippen LogP contribution >= 0.6 is 0 Å². The average Bonchev–Trinajstić information content (AvgIpc) is 2.37. The van der Waals surface area contributed by atoms with E-state index in [4.69, 9.17) is 0 Å². The molecule has 0 aliphatic rings. The molecule has 0 nitrogen and oxygen atoms in total. The lowest BCUT2D eigenvalue weighted by Crippen LogP contribution is -2.23. The van der Waals surface area contributed by atoms with Crippen LogP contribution in [-0.2, 0) is 10.9 Å². The Kier molecular flexibility index (Phi) is 3.97. The highest BCUT2D eigenvalue weighted by molar-refractivity contribution is 7.97. The zero-order chi connectivity index (χ0) is 13.0. The summed E-state index contributed by atoms with van der Waals surface area (Å²) in [5, 5.41) is 0. The first kappa shape index (κ1) is 13.0. The molecule has 18 heavy (non-hydrogen) atoms. The van der Waals surface area contributed by atoms with Crippen molar-refractivity contribution in [3.05, 3.63) is 60.7 Å². The van der Waals surface area contributed by atoms with Gasteiger partial charge >= 0.3 is 6.18 Å². The third kappa shape index (κ3) is 3.53. The van der Waals surface area contributed by atoms with E-state index >= 15 is 0 Å². The lowest BCUT2D eigenvalue weighted by Gasteiger charge is -2.10. The minimum Gasteiger partial charge on any atom is -0.166 e. The van der Waals surface area contributed by atoms with Crippen molar-refractivity contribution in [2.75, 3.05) is 5.75 Å². The predicted octanol–water partition coefficient (Wildman–Crippen LogP) is 4.29. The summed E-state index contributed by atoms with van der Waals surface area (Å²) in [7, 11) is -0.946. The molecule has 0 N–H and O–H groups in total. The molecule has 2 rings (SSSR count). The van der Waals surface area contributed by atoms with E-state index in [0.29, 0.717) is 0 Å². The van der Waals surface area contributed by atoms with Crippen molar-refractivity contribution < 1.29 is 13.2 Å². The fourth-order valence-electron chi connectivity index (χ4n) is 1.64. The smallest absolute Gasteiger partial charge is 0.166 e. The van der Waals surface area contributed by atoms with Gasteiger partial charge in [-0.15, -0.1) is 0 Å². The summed E-state index contributed by atoms with van der Waals surface area (Å²) in [6, 6.07) is 17.7. The Hall–Kier alpha value is -1.42. The second kappa shape index (κ2) is 5.48. The third-order valence-corrected chi connectivity index (χ3v) is 4.66. The standard InChI is InChI=1S/C14H12F3S/c15-14(16,17)11-18(12-7-3-1-4-8-12)13-9-5-2-6-10-13/h1-10H,11H2/q+1. The highest BCUT2D eigenvalue weighted by Crippen LogP contribution is 2.29. The maximum Gasteiger partial charge on any atom is 0.434 e. The number of benzene rings is 2. The maximum absolute atomic E-state index is 12.7. The third-order valence-electron chi connectivity index (χ3n) is 2.36. The number of hydrogen-bond acceptors (Lipinski definition) is 0. The average molecular weight is 269 g/mol. The summed E-state index contributed by atoms with van der Waals surface area (Å²) in [5.41, 5.74) is 0. The summed E-state index contributed by atoms with van der Waals surface area (Å²) in [6.07, 6.45) is -4.16. The monoisotopic (exact) mass is 269 g/mol. The molecule has 0 bridgehead atoms. The molecule has 0 saturated heterocycles. The summed E-state index contributed by atoms with van der Waals surface area (Å²) in [5.74, 6) is -0.805. The van der Waals surface area contributed by atoms with Gasteiger partial charge in [-0.2, -0.15) is 13.2 Å². The van der Waals surface area contributed by atoms with E-state index in [9.17, 15) is 13.2 Å². The van der Waals surface area contributed by atoms with Crippen LogP contribution in [0.4, 0.5) is 13.2 Å². The molecule has 0 unspecified atom stereocenters.